The average molecular weight is 310 g/mol. The number of β-amino-alcohol motifs (C(OH)–C–C–N with tert-alkyl or cyclic N) is 1. The fraction of sp³-hybridized carbons (Fsp3) is 0.235. The summed E-state index contributed by atoms with van der Waals surface area (Å²) in [7, 11) is 0. The first kappa shape index (κ1) is 14.0. The van der Waals surface area contributed by atoms with Crippen molar-refractivity contribution in [3.8, 4) is 11.4 Å². The molecule has 0 bridgehead atoms. The summed E-state index contributed by atoms with van der Waals surface area (Å²) >= 11 is 0. The van der Waals surface area contributed by atoms with E-state index in [2.05, 4.69) is 15.0 Å². The largest absolute Gasteiger partial charge is 0.391 e. The molecule has 0 aliphatic carbocycles. The second-order valence-electron chi connectivity index (χ2n) is 5.66. The lowest BCUT2D eigenvalue weighted by Crippen LogP contribution is -2.22. The summed E-state index contributed by atoms with van der Waals surface area (Å²) in [6, 6.07) is 8.36. The van der Waals surface area contributed by atoms with E-state index in [-0.39, 0.29) is 11.9 Å². The van der Waals surface area contributed by atoms with Gasteiger partial charge in [-0.05, 0) is 30.7 Å². The Kier molecular flexibility index (Phi) is 3.38. The lowest BCUT2D eigenvalue weighted by molar-refractivity contribution is 0.198. The lowest BCUT2D eigenvalue weighted by atomic mass is 10.1. The minimum absolute atomic E-state index is 0.310. The normalized spacial score (nSPS) is 17.8. The number of benzene rings is 1. The number of fused-ring (bicyclic) bond motifs is 1. The Bertz CT molecular complexity index is 870. The van der Waals surface area contributed by atoms with Crippen LogP contribution in [0.15, 0.2) is 42.7 Å². The predicted octanol–water partition coefficient (Wildman–Crippen LogP) is 2.40. The van der Waals surface area contributed by atoms with Gasteiger partial charge < -0.3 is 10.0 Å². The highest BCUT2D eigenvalue weighted by Gasteiger charge is 2.21. The molecule has 1 aromatic carbocycles. The molecule has 2 aromatic heterocycles. The first-order valence-electron chi connectivity index (χ1n) is 7.51. The van der Waals surface area contributed by atoms with E-state index in [4.69, 9.17) is 0 Å². The zero-order valence-electron chi connectivity index (χ0n) is 12.4. The summed E-state index contributed by atoms with van der Waals surface area (Å²) in [5.74, 6) is 0.956. The van der Waals surface area contributed by atoms with Crippen molar-refractivity contribution in [1.29, 1.82) is 0 Å². The van der Waals surface area contributed by atoms with E-state index in [0.29, 0.717) is 28.8 Å². The molecule has 1 atom stereocenters. The van der Waals surface area contributed by atoms with Crippen molar-refractivity contribution in [3.63, 3.8) is 0 Å². The standard InChI is InChI=1S/C17H15FN4O/c18-14-2-1-3-15-13(14)8-11(9-20-15)17-19-6-4-16(21-17)22-7-5-12(23)10-22/h1-4,6,8-9,12,23H,5,7,10H2. The molecule has 1 unspecified atom stereocenters. The molecule has 0 amide bonds. The fourth-order valence-corrected chi connectivity index (χ4v) is 2.85. The van der Waals surface area contributed by atoms with Gasteiger partial charge in [0.2, 0.25) is 0 Å². The second-order valence-corrected chi connectivity index (χ2v) is 5.66. The van der Waals surface area contributed by atoms with Crippen LogP contribution in [0.25, 0.3) is 22.3 Å². The van der Waals surface area contributed by atoms with Crippen molar-refractivity contribution in [2.75, 3.05) is 18.0 Å². The van der Waals surface area contributed by atoms with Crippen LogP contribution in [-0.4, -0.2) is 39.3 Å². The molecule has 116 valence electrons. The Hall–Kier alpha value is -2.60. The van der Waals surface area contributed by atoms with Gasteiger partial charge in [0.15, 0.2) is 5.82 Å². The molecule has 3 heterocycles. The number of pyridine rings is 1. The summed E-state index contributed by atoms with van der Waals surface area (Å²) in [5, 5.41) is 10.1. The Morgan fingerprint density at radius 2 is 2.13 bits per heavy atom. The van der Waals surface area contributed by atoms with Gasteiger partial charge in [-0.1, -0.05) is 6.07 Å². The molecule has 1 saturated heterocycles. The molecular weight excluding hydrogens is 295 g/mol. The van der Waals surface area contributed by atoms with Crippen LogP contribution in [0.2, 0.25) is 0 Å². The molecule has 1 fully saturated rings. The number of aliphatic hydroxyl groups excluding tert-OH is 1. The third kappa shape index (κ3) is 2.61. The highest BCUT2D eigenvalue weighted by Crippen LogP contribution is 2.24. The van der Waals surface area contributed by atoms with Gasteiger partial charge in [-0.15, -0.1) is 0 Å². The number of nitrogens with zero attached hydrogens (tertiary/aromatic N) is 4. The van der Waals surface area contributed by atoms with Crippen molar-refractivity contribution >= 4 is 16.7 Å². The van der Waals surface area contributed by atoms with Crippen LogP contribution in [-0.2, 0) is 0 Å². The topological polar surface area (TPSA) is 62.1 Å². The van der Waals surface area contributed by atoms with Crippen molar-refractivity contribution in [2.45, 2.75) is 12.5 Å². The van der Waals surface area contributed by atoms with Gasteiger partial charge in [0, 0.05) is 36.4 Å². The molecule has 0 spiro atoms. The van der Waals surface area contributed by atoms with E-state index in [1.165, 1.54) is 6.07 Å². The summed E-state index contributed by atoms with van der Waals surface area (Å²) in [5.41, 5.74) is 1.27. The van der Waals surface area contributed by atoms with Crippen molar-refractivity contribution in [2.24, 2.45) is 0 Å². The van der Waals surface area contributed by atoms with Gasteiger partial charge in [-0.25, -0.2) is 14.4 Å². The Labute approximate surface area is 132 Å². The van der Waals surface area contributed by atoms with Gasteiger partial charge in [0.25, 0.3) is 0 Å². The third-order valence-corrected chi connectivity index (χ3v) is 4.06. The van der Waals surface area contributed by atoms with E-state index in [1.807, 2.05) is 11.0 Å². The molecule has 1 aliphatic rings. The first-order chi connectivity index (χ1) is 11.2. The summed E-state index contributed by atoms with van der Waals surface area (Å²) in [6.07, 6.45) is 3.75. The molecule has 5 nitrogen and oxygen atoms in total. The van der Waals surface area contributed by atoms with Crippen molar-refractivity contribution in [3.05, 3.63) is 48.5 Å². The predicted molar refractivity (Wildman–Crippen MR) is 85.6 cm³/mol. The summed E-state index contributed by atoms with van der Waals surface area (Å²) in [6.45, 7) is 1.34. The SMILES string of the molecule is OC1CCN(c2ccnc(-c3cnc4cccc(F)c4c3)n2)C1. The quantitative estimate of drug-likeness (QED) is 0.787. The van der Waals surface area contributed by atoms with Gasteiger partial charge in [0.05, 0.1) is 11.6 Å². The van der Waals surface area contributed by atoms with E-state index in [0.717, 1.165) is 18.8 Å². The smallest absolute Gasteiger partial charge is 0.163 e. The number of halogens is 1. The number of anilines is 1. The Morgan fingerprint density at radius 3 is 2.96 bits per heavy atom. The molecule has 0 saturated carbocycles. The molecule has 1 N–H and O–H groups in total. The Balaban J connectivity index is 1.74. The molecular formula is C17H15FN4O. The average Bonchev–Trinajstić information content (AvgIpc) is 3.02. The summed E-state index contributed by atoms with van der Waals surface area (Å²) < 4.78 is 13.9. The zero-order chi connectivity index (χ0) is 15.8. The Morgan fingerprint density at radius 1 is 1.22 bits per heavy atom. The number of rotatable bonds is 2. The van der Waals surface area contributed by atoms with E-state index >= 15 is 0 Å². The van der Waals surface area contributed by atoms with Crippen LogP contribution in [0.3, 0.4) is 0 Å². The summed E-state index contributed by atoms with van der Waals surface area (Å²) in [4.78, 5) is 15.1. The maximum Gasteiger partial charge on any atom is 0.163 e. The van der Waals surface area contributed by atoms with Gasteiger partial charge in [0.1, 0.15) is 11.6 Å². The van der Waals surface area contributed by atoms with Gasteiger partial charge in [-0.2, -0.15) is 0 Å². The monoisotopic (exact) mass is 310 g/mol. The maximum absolute atomic E-state index is 13.9. The maximum atomic E-state index is 13.9. The molecule has 23 heavy (non-hydrogen) atoms. The lowest BCUT2D eigenvalue weighted by Gasteiger charge is -2.16. The minimum atomic E-state index is -0.315. The van der Waals surface area contributed by atoms with Crippen LogP contribution < -0.4 is 4.90 Å². The highest BCUT2D eigenvalue weighted by atomic mass is 19.1. The van der Waals surface area contributed by atoms with Crippen molar-refractivity contribution in [1.82, 2.24) is 15.0 Å². The van der Waals surface area contributed by atoms with Gasteiger partial charge in [-0.3, -0.25) is 4.98 Å². The van der Waals surface area contributed by atoms with Crippen LogP contribution in [0.5, 0.6) is 0 Å². The highest BCUT2D eigenvalue weighted by molar-refractivity contribution is 5.83. The molecule has 4 rings (SSSR count). The molecule has 0 radical (unpaired) electrons. The molecule has 1 aliphatic heterocycles. The minimum Gasteiger partial charge on any atom is -0.391 e. The third-order valence-electron chi connectivity index (χ3n) is 4.06. The number of hydrogen-bond donors (Lipinski definition) is 1. The van der Waals surface area contributed by atoms with Crippen molar-refractivity contribution < 1.29 is 9.50 Å². The second kappa shape index (κ2) is 5.55. The number of hydrogen-bond acceptors (Lipinski definition) is 5. The van der Waals surface area contributed by atoms with Gasteiger partial charge >= 0.3 is 0 Å². The van der Waals surface area contributed by atoms with E-state index in [9.17, 15) is 9.50 Å². The number of aliphatic hydroxyl groups is 1. The van der Waals surface area contributed by atoms with E-state index < -0.39 is 0 Å². The zero-order valence-corrected chi connectivity index (χ0v) is 12.4. The molecule has 6 heteroatoms. The van der Waals surface area contributed by atoms with Crippen LogP contribution in [0.4, 0.5) is 10.2 Å². The first-order valence-corrected chi connectivity index (χ1v) is 7.51. The van der Waals surface area contributed by atoms with Crippen LogP contribution in [0.1, 0.15) is 6.42 Å². The fourth-order valence-electron chi connectivity index (χ4n) is 2.85. The number of aromatic nitrogens is 3. The molecule has 3 aromatic rings. The van der Waals surface area contributed by atoms with Crippen LogP contribution >= 0.6 is 0 Å². The van der Waals surface area contributed by atoms with E-state index in [1.54, 1.807) is 30.6 Å². The van der Waals surface area contributed by atoms with Crippen LogP contribution in [0, 0.1) is 5.82 Å².